The second-order valence-electron chi connectivity index (χ2n) is 7.39. The van der Waals surface area contributed by atoms with Gasteiger partial charge in [-0.3, -0.25) is 0 Å². The minimum absolute atomic E-state index is 0.303. The first-order valence-corrected chi connectivity index (χ1v) is 9.23. The van der Waals surface area contributed by atoms with Crippen molar-refractivity contribution in [3.05, 3.63) is 29.8 Å². The van der Waals surface area contributed by atoms with E-state index in [-0.39, 0.29) is 5.60 Å². The largest absolute Gasteiger partial charge is 0.390 e. The minimum atomic E-state index is -0.303. The van der Waals surface area contributed by atoms with E-state index in [1.807, 2.05) is 0 Å². The summed E-state index contributed by atoms with van der Waals surface area (Å²) in [5.41, 5.74) is 2.43. The monoisotopic (exact) mass is 318 g/mol. The van der Waals surface area contributed by atoms with Crippen LogP contribution in [0.15, 0.2) is 24.3 Å². The van der Waals surface area contributed by atoms with Gasteiger partial charge < -0.3 is 14.9 Å². The van der Waals surface area contributed by atoms with E-state index in [9.17, 15) is 5.11 Å². The van der Waals surface area contributed by atoms with Gasteiger partial charge >= 0.3 is 0 Å². The lowest BCUT2D eigenvalue weighted by molar-refractivity contribution is 0.137. The van der Waals surface area contributed by atoms with E-state index in [1.54, 1.807) is 0 Å². The number of hydrogen-bond donors (Lipinski definition) is 1. The van der Waals surface area contributed by atoms with Gasteiger partial charge in [0.2, 0.25) is 0 Å². The molecule has 0 amide bonds. The first kappa shape index (κ1) is 18.3. The van der Waals surface area contributed by atoms with Crippen LogP contribution in [-0.4, -0.2) is 49.3 Å². The zero-order valence-corrected chi connectivity index (χ0v) is 15.2. The van der Waals surface area contributed by atoms with E-state index >= 15 is 0 Å². The third-order valence-corrected chi connectivity index (χ3v) is 4.83. The maximum atomic E-state index is 9.90. The van der Waals surface area contributed by atoms with E-state index in [2.05, 4.69) is 55.1 Å². The van der Waals surface area contributed by atoms with E-state index in [4.69, 9.17) is 0 Å². The predicted molar refractivity (Wildman–Crippen MR) is 99.2 cm³/mol. The van der Waals surface area contributed by atoms with E-state index < -0.39 is 0 Å². The number of aliphatic hydroxyl groups is 1. The third-order valence-electron chi connectivity index (χ3n) is 4.83. The first-order chi connectivity index (χ1) is 11.0. The summed E-state index contributed by atoms with van der Waals surface area (Å²) in [6.07, 6.45) is 7.62. The molecule has 2 rings (SSSR count). The summed E-state index contributed by atoms with van der Waals surface area (Å²) in [5, 5.41) is 9.90. The van der Waals surface area contributed by atoms with Crippen LogP contribution in [-0.2, 0) is 6.42 Å². The molecule has 130 valence electrons. The van der Waals surface area contributed by atoms with Crippen molar-refractivity contribution < 1.29 is 5.11 Å². The molecule has 0 atom stereocenters. The van der Waals surface area contributed by atoms with Crippen molar-refractivity contribution in [2.45, 2.75) is 57.5 Å². The third kappa shape index (κ3) is 6.52. The maximum Gasteiger partial charge on any atom is 0.0650 e. The Morgan fingerprint density at radius 2 is 1.70 bits per heavy atom. The quantitative estimate of drug-likeness (QED) is 0.674. The predicted octanol–water partition coefficient (Wildman–Crippen LogP) is 3.70. The second kappa shape index (κ2) is 8.70. The first-order valence-electron chi connectivity index (χ1n) is 9.23. The molecule has 0 saturated heterocycles. The number of aryl methyl sites for hydroxylation is 1. The van der Waals surface area contributed by atoms with Crippen LogP contribution < -0.4 is 4.90 Å². The van der Waals surface area contributed by atoms with Gasteiger partial charge in [-0.05, 0) is 70.3 Å². The van der Waals surface area contributed by atoms with Gasteiger partial charge in [-0.25, -0.2) is 0 Å². The minimum Gasteiger partial charge on any atom is -0.390 e. The Kier molecular flexibility index (Phi) is 6.91. The zero-order chi connectivity index (χ0) is 16.7. The van der Waals surface area contributed by atoms with Crippen molar-refractivity contribution >= 4 is 5.69 Å². The molecule has 1 aliphatic rings. The summed E-state index contributed by atoms with van der Waals surface area (Å²) in [6.45, 7) is 5.56. The van der Waals surface area contributed by atoms with Gasteiger partial charge in [-0.2, -0.15) is 0 Å². The van der Waals surface area contributed by atoms with Gasteiger partial charge in [-0.15, -0.1) is 0 Å². The van der Waals surface area contributed by atoms with Crippen LogP contribution in [0.25, 0.3) is 0 Å². The average Bonchev–Trinajstić information content (AvgIpc) is 3.26. The normalized spacial score (nSPS) is 15.9. The highest BCUT2D eigenvalue weighted by Gasteiger charge is 2.39. The Morgan fingerprint density at radius 1 is 1.00 bits per heavy atom. The topological polar surface area (TPSA) is 26.7 Å². The van der Waals surface area contributed by atoms with Crippen molar-refractivity contribution in [1.82, 2.24) is 4.90 Å². The van der Waals surface area contributed by atoms with Crippen LogP contribution in [0, 0.1) is 0 Å². The molecule has 0 bridgehead atoms. The molecular formula is C20H34N2O. The molecule has 3 nitrogen and oxygen atoms in total. The maximum absolute atomic E-state index is 9.90. The molecule has 1 aliphatic carbocycles. The van der Waals surface area contributed by atoms with E-state index in [0.29, 0.717) is 0 Å². The number of hydrogen-bond acceptors (Lipinski definition) is 3. The number of rotatable bonds is 11. The van der Waals surface area contributed by atoms with Gasteiger partial charge in [-0.1, -0.05) is 25.5 Å². The molecule has 0 spiro atoms. The van der Waals surface area contributed by atoms with E-state index in [0.717, 1.165) is 51.7 Å². The molecule has 0 radical (unpaired) electrons. The van der Waals surface area contributed by atoms with Crippen LogP contribution in [0.2, 0.25) is 0 Å². The fourth-order valence-electron chi connectivity index (χ4n) is 2.93. The Hall–Kier alpha value is -1.06. The summed E-state index contributed by atoms with van der Waals surface area (Å²) >= 11 is 0. The van der Waals surface area contributed by atoms with Crippen LogP contribution >= 0.6 is 0 Å². The lowest BCUT2D eigenvalue weighted by Crippen LogP contribution is -2.32. The highest BCUT2D eigenvalue weighted by atomic mass is 16.3. The van der Waals surface area contributed by atoms with Crippen LogP contribution in [0.3, 0.4) is 0 Å². The molecule has 1 aromatic carbocycles. The molecular weight excluding hydrogens is 284 g/mol. The molecule has 0 aromatic heterocycles. The highest BCUT2D eigenvalue weighted by Crippen LogP contribution is 2.39. The molecule has 1 N–H and O–H groups in total. The van der Waals surface area contributed by atoms with Crippen LogP contribution in [0.4, 0.5) is 5.69 Å². The number of likely N-dealkylation sites (N-methyl/N-ethyl adjacent to an activating group) is 1. The molecule has 0 aliphatic heterocycles. The van der Waals surface area contributed by atoms with Gasteiger partial charge in [0.15, 0.2) is 0 Å². The van der Waals surface area contributed by atoms with E-state index in [1.165, 1.54) is 24.1 Å². The zero-order valence-electron chi connectivity index (χ0n) is 15.2. The Bertz CT molecular complexity index is 451. The Balaban J connectivity index is 1.85. The summed E-state index contributed by atoms with van der Waals surface area (Å²) < 4.78 is 0. The number of benzene rings is 1. The lowest BCUT2D eigenvalue weighted by atomic mass is 10.0. The summed E-state index contributed by atoms with van der Waals surface area (Å²) in [7, 11) is 4.27. The lowest BCUT2D eigenvalue weighted by Gasteiger charge is -2.26. The number of anilines is 1. The van der Waals surface area contributed by atoms with Crippen LogP contribution in [0.5, 0.6) is 0 Å². The smallest absolute Gasteiger partial charge is 0.0650 e. The van der Waals surface area contributed by atoms with Gasteiger partial charge in [0.25, 0.3) is 0 Å². The molecule has 23 heavy (non-hydrogen) atoms. The second-order valence-corrected chi connectivity index (χ2v) is 7.39. The van der Waals surface area contributed by atoms with Crippen molar-refractivity contribution in [3.63, 3.8) is 0 Å². The molecule has 1 saturated carbocycles. The fraction of sp³-hybridized carbons (Fsp3) is 0.700. The van der Waals surface area contributed by atoms with Gasteiger partial charge in [0, 0.05) is 25.3 Å². The molecule has 0 unspecified atom stereocenters. The van der Waals surface area contributed by atoms with Crippen LogP contribution in [0.1, 0.15) is 51.0 Å². The molecule has 1 aromatic rings. The van der Waals surface area contributed by atoms with Gasteiger partial charge in [0.1, 0.15) is 0 Å². The average molecular weight is 319 g/mol. The van der Waals surface area contributed by atoms with Crippen molar-refractivity contribution in [1.29, 1.82) is 0 Å². The SMILES string of the molecule is CCCCN(CCN(C)C)c1ccc(CCCC2(O)CC2)cc1. The Labute approximate surface area is 142 Å². The van der Waals surface area contributed by atoms with Crippen molar-refractivity contribution in [2.75, 3.05) is 38.6 Å². The number of unbranched alkanes of at least 4 members (excludes halogenated alkanes) is 1. The van der Waals surface area contributed by atoms with Crippen molar-refractivity contribution in [2.24, 2.45) is 0 Å². The molecule has 1 fully saturated rings. The molecule has 0 heterocycles. The summed E-state index contributed by atoms with van der Waals surface area (Å²) in [6, 6.07) is 9.07. The number of nitrogens with zero attached hydrogens (tertiary/aromatic N) is 2. The molecule has 3 heteroatoms. The fourth-order valence-corrected chi connectivity index (χ4v) is 2.93. The summed E-state index contributed by atoms with van der Waals surface area (Å²) in [5.74, 6) is 0. The highest BCUT2D eigenvalue weighted by molar-refractivity contribution is 5.47. The van der Waals surface area contributed by atoms with Gasteiger partial charge in [0.05, 0.1) is 5.60 Å². The van der Waals surface area contributed by atoms with Crippen molar-refractivity contribution in [3.8, 4) is 0 Å². The Morgan fingerprint density at radius 3 is 2.26 bits per heavy atom. The summed E-state index contributed by atoms with van der Waals surface area (Å²) in [4.78, 5) is 4.75. The standard InChI is InChI=1S/C20H34N2O/c1-4-5-15-22(17-16-21(2)3)19-10-8-18(9-11-19)7-6-12-20(23)13-14-20/h8-11,23H,4-7,12-17H2,1-3H3.